The maximum absolute atomic E-state index is 11.1. The Morgan fingerprint density at radius 2 is 1.44 bits per heavy atom. The smallest absolute Gasteiger partial charge is 0.294 e. The van der Waals surface area contributed by atoms with E-state index < -0.39 is 10.1 Å². The lowest BCUT2D eigenvalue weighted by Gasteiger charge is -2.11. The SMILES string of the molecule is CCCCCCCCCCCCOc1ccc(S(=O)(=O)O)cc1OC. The molecule has 1 N–H and O–H groups in total. The van der Waals surface area contributed by atoms with E-state index in [0.717, 1.165) is 12.8 Å². The summed E-state index contributed by atoms with van der Waals surface area (Å²) >= 11 is 0. The molecule has 0 unspecified atom stereocenters. The summed E-state index contributed by atoms with van der Waals surface area (Å²) in [7, 11) is -2.79. The van der Waals surface area contributed by atoms with Gasteiger partial charge in [0.1, 0.15) is 0 Å². The maximum Gasteiger partial charge on any atom is 0.294 e. The van der Waals surface area contributed by atoms with Crippen LogP contribution < -0.4 is 9.47 Å². The number of ether oxygens (including phenoxy) is 2. The average molecular weight is 373 g/mol. The van der Waals surface area contributed by atoms with Crippen LogP contribution in [0.15, 0.2) is 23.1 Å². The van der Waals surface area contributed by atoms with Crippen molar-refractivity contribution in [1.82, 2.24) is 0 Å². The summed E-state index contributed by atoms with van der Waals surface area (Å²) in [6, 6.07) is 4.09. The van der Waals surface area contributed by atoms with Gasteiger partial charge in [-0.2, -0.15) is 8.42 Å². The molecule has 0 amide bonds. The molecule has 0 spiro atoms. The second kappa shape index (κ2) is 12.1. The summed E-state index contributed by atoms with van der Waals surface area (Å²) in [5.41, 5.74) is 0. The van der Waals surface area contributed by atoms with E-state index in [2.05, 4.69) is 6.92 Å². The van der Waals surface area contributed by atoms with Crippen molar-refractivity contribution in [2.45, 2.75) is 76.0 Å². The third-order valence-corrected chi connectivity index (χ3v) is 5.04. The lowest BCUT2D eigenvalue weighted by molar-refractivity contribution is 0.284. The second-order valence-electron chi connectivity index (χ2n) is 6.32. The topological polar surface area (TPSA) is 72.8 Å². The minimum absolute atomic E-state index is 0.198. The van der Waals surface area contributed by atoms with E-state index in [1.807, 2.05) is 0 Å². The molecule has 1 aromatic rings. The van der Waals surface area contributed by atoms with Crippen LogP contribution in [0, 0.1) is 0 Å². The van der Waals surface area contributed by atoms with Gasteiger partial charge in [-0.15, -0.1) is 0 Å². The lowest BCUT2D eigenvalue weighted by atomic mass is 10.1. The van der Waals surface area contributed by atoms with E-state index in [0.29, 0.717) is 18.1 Å². The zero-order chi connectivity index (χ0) is 18.5. The Hall–Kier alpha value is -1.27. The van der Waals surface area contributed by atoms with Gasteiger partial charge in [-0.1, -0.05) is 64.7 Å². The molecule has 0 saturated heterocycles. The van der Waals surface area contributed by atoms with Crippen LogP contribution in [-0.2, 0) is 10.1 Å². The summed E-state index contributed by atoms with van der Waals surface area (Å²) in [5, 5.41) is 0. The number of hydrogen-bond donors (Lipinski definition) is 1. The molecule has 1 rings (SSSR count). The first kappa shape index (κ1) is 21.8. The van der Waals surface area contributed by atoms with Gasteiger partial charge in [0, 0.05) is 6.07 Å². The van der Waals surface area contributed by atoms with Crippen molar-refractivity contribution in [2.24, 2.45) is 0 Å². The van der Waals surface area contributed by atoms with Crippen LogP contribution in [0.25, 0.3) is 0 Å². The average Bonchev–Trinajstić information content (AvgIpc) is 2.58. The minimum atomic E-state index is -4.23. The van der Waals surface area contributed by atoms with Crippen LogP contribution in [-0.4, -0.2) is 26.7 Å². The molecule has 0 heterocycles. The number of hydrogen-bond acceptors (Lipinski definition) is 4. The van der Waals surface area contributed by atoms with Gasteiger partial charge in [-0.05, 0) is 18.6 Å². The summed E-state index contributed by atoms with van der Waals surface area (Å²) < 4.78 is 42.1. The fourth-order valence-corrected chi connectivity index (χ4v) is 3.20. The molecule has 144 valence electrons. The van der Waals surface area contributed by atoms with Gasteiger partial charge in [0.2, 0.25) is 0 Å². The zero-order valence-electron chi connectivity index (χ0n) is 15.5. The Bertz CT molecular complexity index is 583. The van der Waals surface area contributed by atoms with Gasteiger partial charge >= 0.3 is 0 Å². The third kappa shape index (κ3) is 9.12. The van der Waals surface area contributed by atoms with E-state index in [1.54, 1.807) is 0 Å². The Kier molecular flexibility index (Phi) is 10.6. The standard InChI is InChI=1S/C19H32O5S/c1-3-4-5-6-7-8-9-10-11-12-15-24-18-14-13-17(25(20,21)22)16-19(18)23-2/h13-14,16H,3-12,15H2,1-2H3,(H,20,21,22). The van der Waals surface area contributed by atoms with Crippen LogP contribution in [0.4, 0.5) is 0 Å². The van der Waals surface area contributed by atoms with Gasteiger partial charge in [0.05, 0.1) is 18.6 Å². The predicted molar refractivity (Wildman–Crippen MR) is 100 cm³/mol. The Morgan fingerprint density at radius 3 is 1.96 bits per heavy atom. The predicted octanol–water partition coefficient (Wildman–Crippen LogP) is 5.24. The fourth-order valence-electron chi connectivity index (χ4n) is 2.70. The van der Waals surface area contributed by atoms with Gasteiger partial charge in [-0.3, -0.25) is 4.55 Å². The molecule has 0 radical (unpaired) electrons. The van der Waals surface area contributed by atoms with E-state index in [9.17, 15) is 8.42 Å². The van der Waals surface area contributed by atoms with E-state index in [1.165, 1.54) is 76.7 Å². The molecule has 0 aliphatic heterocycles. The quantitative estimate of drug-likeness (QED) is 0.357. The number of methoxy groups -OCH3 is 1. The number of benzene rings is 1. The second-order valence-corrected chi connectivity index (χ2v) is 7.74. The van der Waals surface area contributed by atoms with Crippen molar-refractivity contribution in [2.75, 3.05) is 13.7 Å². The van der Waals surface area contributed by atoms with Gasteiger partial charge in [0.15, 0.2) is 11.5 Å². The van der Waals surface area contributed by atoms with E-state index in [4.69, 9.17) is 14.0 Å². The van der Waals surface area contributed by atoms with Crippen LogP contribution in [0.5, 0.6) is 11.5 Å². The van der Waals surface area contributed by atoms with Gasteiger partial charge < -0.3 is 9.47 Å². The maximum atomic E-state index is 11.1. The third-order valence-electron chi connectivity index (χ3n) is 4.19. The summed E-state index contributed by atoms with van der Waals surface area (Å²) in [5.74, 6) is 0.799. The largest absolute Gasteiger partial charge is 0.493 e. The number of unbranched alkanes of at least 4 members (excludes halogenated alkanes) is 9. The van der Waals surface area contributed by atoms with Crippen molar-refractivity contribution < 1.29 is 22.4 Å². The normalized spacial score (nSPS) is 11.5. The summed E-state index contributed by atoms with van der Waals surface area (Å²) in [6.45, 7) is 2.80. The first-order chi connectivity index (χ1) is 12.0. The molecular formula is C19H32O5S. The van der Waals surface area contributed by atoms with E-state index in [-0.39, 0.29) is 4.90 Å². The summed E-state index contributed by atoms with van der Waals surface area (Å²) in [6.07, 6.45) is 12.6. The zero-order valence-corrected chi connectivity index (χ0v) is 16.3. The molecule has 0 bridgehead atoms. The molecular weight excluding hydrogens is 340 g/mol. The van der Waals surface area contributed by atoms with Crippen LogP contribution in [0.3, 0.4) is 0 Å². The molecule has 25 heavy (non-hydrogen) atoms. The molecule has 0 saturated carbocycles. The molecule has 6 heteroatoms. The van der Waals surface area contributed by atoms with Gasteiger partial charge in [-0.25, -0.2) is 0 Å². The monoisotopic (exact) mass is 372 g/mol. The van der Waals surface area contributed by atoms with Crippen LogP contribution >= 0.6 is 0 Å². The fraction of sp³-hybridized carbons (Fsp3) is 0.684. The van der Waals surface area contributed by atoms with Crippen LogP contribution in [0.1, 0.15) is 71.1 Å². The van der Waals surface area contributed by atoms with Crippen molar-refractivity contribution in [3.05, 3.63) is 18.2 Å². The minimum Gasteiger partial charge on any atom is -0.493 e. The van der Waals surface area contributed by atoms with Crippen molar-refractivity contribution >= 4 is 10.1 Å². The Labute approximate surface area is 152 Å². The molecule has 5 nitrogen and oxygen atoms in total. The molecule has 0 aromatic heterocycles. The molecule has 0 aliphatic rings. The lowest BCUT2D eigenvalue weighted by Crippen LogP contribution is -2.02. The Morgan fingerprint density at radius 1 is 0.880 bits per heavy atom. The molecule has 1 aromatic carbocycles. The first-order valence-corrected chi connectivity index (χ1v) is 10.7. The van der Waals surface area contributed by atoms with Gasteiger partial charge in [0.25, 0.3) is 10.1 Å². The van der Waals surface area contributed by atoms with Crippen molar-refractivity contribution in [1.29, 1.82) is 0 Å². The molecule has 0 aliphatic carbocycles. The highest BCUT2D eigenvalue weighted by Gasteiger charge is 2.13. The highest BCUT2D eigenvalue weighted by atomic mass is 32.2. The van der Waals surface area contributed by atoms with Crippen molar-refractivity contribution in [3.8, 4) is 11.5 Å². The van der Waals surface area contributed by atoms with Crippen LogP contribution in [0.2, 0.25) is 0 Å². The summed E-state index contributed by atoms with van der Waals surface area (Å²) in [4.78, 5) is -0.198. The Balaban J connectivity index is 2.20. The molecule has 0 fully saturated rings. The molecule has 0 atom stereocenters. The number of rotatable bonds is 14. The highest BCUT2D eigenvalue weighted by molar-refractivity contribution is 7.85. The van der Waals surface area contributed by atoms with E-state index >= 15 is 0 Å². The van der Waals surface area contributed by atoms with Crippen molar-refractivity contribution in [3.63, 3.8) is 0 Å². The first-order valence-electron chi connectivity index (χ1n) is 9.27. The highest BCUT2D eigenvalue weighted by Crippen LogP contribution is 2.30.